The van der Waals surface area contributed by atoms with E-state index in [0.29, 0.717) is 13.1 Å². The van der Waals surface area contributed by atoms with Crippen LogP contribution in [-0.4, -0.2) is 38.7 Å². The van der Waals surface area contributed by atoms with Crippen molar-refractivity contribution in [2.45, 2.75) is 25.8 Å². The first-order valence-electron chi connectivity index (χ1n) is 10.7. The number of amides is 1. The summed E-state index contributed by atoms with van der Waals surface area (Å²) in [5.41, 5.74) is 3.33. The maximum Gasteiger partial charge on any atom is 0.219 e. The van der Waals surface area contributed by atoms with Crippen LogP contribution in [0.5, 0.6) is 17.2 Å². The topological polar surface area (TPSA) is 48.0 Å². The Labute approximate surface area is 190 Å². The molecule has 0 radical (unpaired) electrons. The predicted octanol–water partition coefficient (Wildman–Crippen LogP) is 5.28. The van der Waals surface area contributed by atoms with Crippen LogP contribution in [0.15, 0.2) is 72.8 Å². The van der Waals surface area contributed by atoms with E-state index >= 15 is 0 Å². The van der Waals surface area contributed by atoms with Gasteiger partial charge in [-0.3, -0.25) is 4.79 Å². The normalized spacial score (nSPS) is 11.5. The van der Waals surface area contributed by atoms with E-state index in [1.54, 1.807) is 28.3 Å². The highest BCUT2D eigenvalue weighted by atomic mass is 16.5. The van der Waals surface area contributed by atoms with E-state index in [0.717, 1.165) is 40.4 Å². The van der Waals surface area contributed by atoms with E-state index in [9.17, 15) is 4.79 Å². The van der Waals surface area contributed by atoms with Gasteiger partial charge in [-0.05, 0) is 47.9 Å². The van der Waals surface area contributed by atoms with Crippen LogP contribution in [0.25, 0.3) is 0 Å². The molecule has 168 valence electrons. The molecule has 0 saturated heterocycles. The van der Waals surface area contributed by atoms with Crippen LogP contribution >= 0.6 is 0 Å². The molecule has 0 spiro atoms. The molecular formula is C27H31NO4. The maximum atomic E-state index is 12.4. The zero-order valence-electron chi connectivity index (χ0n) is 19.2. The van der Waals surface area contributed by atoms with Crippen molar-refractivity contribution in [3.8, 4) is 17.2 Å². The second kappa shape index (κ2) is 11.2. The molecule has 3 rings (SSSR count). The number of hydrogen-bond acceptors (Lipinski definition) is 4. The second-order valence-electron chi connectivity index (χ2n) is 7.65. The molecule has 32 heavy (non-hydrogen) atoms. The fourth-order valence-corrected chi connectivity index (χ4v) is 3.88. The van der Waals surface area contributed by atoms with Gasteiger partial charge in [-0.25, -0.2) is 0 Å². The molecule has 5 heteroatoms. The first kappa shape index (κ1) is 23.2. The maximum absolute atomic E-state index is 12.4. The van der Waals surface area contributed by atoms with Gasteiger partial charge in [0, 0.05) is 31.5 Å². The van der Waals surface area contributed by atoms with Crippen molar-refractivity contribution in [1.29, 1.82) is 0 Å². The minimum absolute atomic E-state index is 0.0503. The molecule has 0 aromatic heterocycles. The molecule has 3 aromatic rings. The Bertz CT molecular complexity index is 999. The number of carbonyl (C=O) groups is 1. The van der Waals surface area contributed by atoms with Gasteiger partial charge in [-0.1, -0.05) is 42.5 Å². The molecule has 0 bridgehead atoms. The van der Waals surface area contributed by atoms with Gasteiger partial charge in [0.2, 0.25) is 5.91 Å². The monoisotopic (exact) mass is 433 g/mol. The van der Waals surface area contributed by atoms with Crippen molar-refractivity contribution in [2.24, 2.45) is 0 Å². The molecule has 5 nitrogen and oxygen atoms in total. The third-order valence-corrected chi connectivity index (χ3v) is 5.70. The molecule has 1 unspecified atom stereocenters. The average Bonchev–Trinajstić information content (AvgIpc) is 2.84. The molecule has 1 amide bonds. The number of nitrogens with zero attached hydrogens (tertiary/aromatic N) is 1. The zero-order chi connectivity index (χ0) is 22.9. The number of carbonyl (C=O) groups excluding carboxylic acids is 1. The van der Waals surface area contributed by atoms with Gasteiger partial charge < -0.3 is 19.1 Å². The summed E-state index contributed by atoms with van der Waals surface area (Å²) in [4.78, 5) is 14.3. The summed E-state index contributed by atoms with van der Waals surface area (Å²) in [7, 11) is 5.00. The Hall–Kier alpha value is -3.47. The van der Waals surface area contributed by atoms with Crippen LogP contribution in [0.2, 0.25) is 0 Å². The Kier molecular flexibility index (Phi) is 8.14. The first-order chi connectivity index (χ1) is 15.5. The summed E-state index contributed by atoms with van der Waals surface area (Å²) >= 11 is 0. The van der Waals surface area contributed by atoms with E-state index in [2.05, 4.69) is 18.2 Å². The van der Waals surface area contributed by atoms with Crippen molar-refractivity contribution in [3.63, 3.8) is 0 Å². The summed E-state index contributed by atoms with van der Waals surface area (Å²) in [6.45, 7) is 2.80. The minimum atomic E-state index is 0.0503. The highest BCUT2D eigenvalue weighted by molar-refractivity contribution is 5.73. The summed E-state index contributed by atoms with van der Waals surface area (Å²) in [6.07, 6.45) is 0.766. The number of methoxy groups -OCH3 is 3. The van der Waals surface area contributed by atoms with Crippen LogP contribution < -0.4 is 14.2 Å². The van der Waals surface area contributed by atoms with Gasteiger partial charge in [0.05, 0.1) is 21.3 Å². The largest absolute Gasteiger partial charge is 0.497 e. The zero-order valence-corrected chi connectivity index (χ0v) is 19.2. The van der Waals surface area contributed by atoms with Gasteiger partial charge in [0.1, 0.15) is 17.2 Å². The van der Waals surface area contributed by atoms with Crippen LogP contribution in [0, 0.1) is 0 Å². The lowest BCUT2D eigenvalue weighted by Gasteiger charge is -2.26. The van der Waals surface area contributed by atoms with Crippen LogP contribution in [-0.2, 0) is 11.3 Å². The smallest absolute Gasteiger partial charge is 0.219 e. The summed E-state index contributed by atoms with van der Waals surface area (Å²) in [5.74, 6) is 2.60. The Balaban J connectivity index is 1.84. The number of benzene rings is 3. The van der Waals surface area contributed by atoms with Crippen molar-refractivity contribution < 1.29 is 19.0 Å². The Morgan fingerprint density at radius 1 is 0.812 bits per heavy atom. The van der Waals surface area contributed by atoms with Crippen molar-refractivity contribution in [1.82, 2.24) is 4.90 Å². The highest BCUT2D eigenvalue weighted by Crippen LogP contribution is 2.35. The van der Waals surface area contributed by atoms with E-state index < -0.39 is 0 Å². The molecule has 3 aromatic carbocycles. The van der Waals surface area contributed by atoms with Gasteiger partial charge in [0.25, 0.3) is 0 Å². The molecule has 0 fully saturated rings. The highest BCUT2D eigenvalue weighted by Gasteiger charge is 2.21. The molecule has 0 N–H and O–H groups in total. The molecule has 0 aliphatic heterocycles. The lowest BCUT2D eigenvalue weighted by Crippen LogP contribution is -2.30. The quantitative estimate of drug-likeness (QED) is 0.436. The van der Waals surface area contributed by atoms with Crippen molar-refractivity contribution >= 4 is 5.91 Å². The predicted molar refractivity (Wildman–Crippen MR) is 127 cm³/mol. The Morgan fingerprint density at radius 2 is 1.41 bits per heavy atom. The molecule has 0 saturated carbocycles. The third-order valence-electron chi connectivity index (χ3n) is 5.70. The van der Waals surface area contributed by atoms with Gasteiger partial charge in [-0.2, -0.15) is 0 Å². The number of para-hydroxylation sites is 1. The van der Waals surface area contributed by atoms with E-state index in [1.165, 1.54) is 0 Å². The van der Waals surface area contributed by atoms with Gasteiger partial charge in [-0.15, -0.1) is 0 Å². The van der Waals surface area contributed by atoms with Crippen LogP contribution in [0.3, 0.4) is 0 Å². The number of rotatable bonds is 10. The molecular weight excluding hydrogens is 402 g/mol. The summed E-state index contributed by atoms with van der Waals surface area (Å²) < 4.78 is 16.2. The molecule has 1 atom stereocenters. The minimum Gasteiger partial charge on any atom is -0.497 e. The van der Waals surface area contributed by atoms with E-state index in [1.807, 2.05) is 59.5 Å². The average molecular weight is 434 g/mol. The third kappa shape index (κ3) is 5.82. The van der Waals surface area contributed by atoms with Crippen molar-refractivity contribution in [2.75, 3.05) is 27.9 Å². The standard InChI is InChI=1S/C27H31NO4/c1-20(29)28(19-21-9-13-23(30-2)14-10-21)18-17-25(22-11-15-24(31-3)16-12-22)26-7-5-6-8-27(26)32-4/h5-16,25H,17-19H2,1-4H3. The fourth-order valence-electron chi connectivity index (χ4n) is 3.88. The summed E-state index contributed by atoms with van der Waals surface area (Å²) in [6, 6.07) is 24.0. The molecule has 0 heterocycles. The van der Waals surface area contributed by atoms with E-state index in [-0.39, 0.29) is 11.8 Å². The van der Waals surface area contributed by atoms with Crippen molar-refractivity contribution in [3.05, 3.63) is 89.5 Å². The van der Waals surface area contributed by atoms with E-state index in [4.69, 9.17) is 14.2 Å². The van der Waals surface area contributed by atoms with Crippen LogP contribution in [0.1, 0.15) is 36.0 Å². The fraction of sp³-hybridized carbons (Fsp3) is 0.296. The van der Waals surface area contributed by atoms with Gasteiger partial charge >= 0.3 is 0 Å². The summed E-state index contributed by atoms with van der Waals surface area (Å²) in [5, 5.41) is 0. The second-order valence-corrected chi connectivity index (χ2v) is 7.65. The Morgan fingerprint density at radius 3 is 1.97 bits per heavy atom. The molecule has 0 aliphatic carbocycles. The first-order valence-corrected chi connectivity index (χ1v) is 10.7. The lowest BCUT2D eigenvalue weighted by molar-refractivity contribution is -0.129. The SMILES string of the molecule is COc1ccc(CN(CCC(c2ccc(OC)cc2)c2ccccc2OC)C(C)=O)cc1. The molecule has 0 aliphatic rings. The van der Waals surface area contributed by atoms with Crippen LogP contribution in [0.4, 0.5) is 0 Å². The number of ether oxygens (including phenoxy) is 3. The van der Waals surface area contributed by atoms with Gasteiger partial charge in [0.15, 0.2) is 0 Å². The number of hydrogen-bond donors (Lipinski definition) is 0. The lowest BCUT2D eigenvalue weighted by atomic mass is 9.87.